The van der Waals surface area contributed by atoms with Crippen LogP contribution >= 0.6 is 22.6 Å². The molecule has 1 fully saturated rings. The quantitative estimate of drug-likeness (QED) is 0.636. The number of rotatable bonds is 5. The van der Waals surface area contributed by atoms with Gasteiger partial charge in [-0.05, 0) is 72.2 Å². The van der Waals surface area contributed by atoms with Crippen molar-refractivity contribution in [3.8, 4) is 0 Å². The molecule has 0 aromatic heterocycles. The van der Waals surface area contributed by atoms with Crippen molar-refractivity contribution in [2.24, 2.45) is 0 Å². The van der Waals surface area contributed by atoms with E-state index >= 15 is 0 Å². The second kappa shape index (κ2) is 6.46. The van der Waals surface area contributed by atoms with Gasteiger partial charge in [-0.1, -0.05) is 6.07 Å². The molecule has 0 bridgehead atoms. The molecule has 2 aromatic rings. The normalized spacial score (nSPS) is 15.9. The summed E-state index contributed by atoms with van der Waals surface area (Å²) in [5, 5.41) is 0. The summed E-state index contributed by atoms with van der Waals surface area (Å²) < 4.78 is 69.0. The predicted molar refractivity (Wildman–Crippen MR) is 98.5 cm³/mol. The average Bonchev–Trinajstić information content (AvgIpc) is 3.28. The Labute approximate surface area is 157 Å². The largest absolute Gasteiger partial charge is 0.283 e. The summed E-state index contributed by atoms with van der Waals surface area (Å²) in [6.07, 6.45) is 0.751. The van der Waals surface area contributed by atoms with Crippen LogP contribution in [0.1, 0.15) is 30.9 Å². The van der Waals surface area contributed by atoms with Crippen LogP contribution in [-0.2, 0) is 16.4 Å². The van der Waals surface area contributed by atoms with E-state index in [-0.39, 0.29) is 23.2 Å². The van der Waals surface area contributed by atoms with E-state index in [4.69, 9.17) is 0 Å². The Morgan fingerprint density at radius 2 is 1.80 bits per heavy atom. The lowest BCUT2D eigenvalue weighted by Crippen LogP contribution is -2.27. The fraction of sp³-hybridized carbons (Fsp3) is 0.294. The average molecular weight is 481 g/mol. The Kier molecular flexibility index (Phi) is 4.78. The van der Waals surface area contributed by atoms with Crippen molar-refractivity contribution >= 4 is 38.3 Å². The van der Waals surface area contributed by atoms with Crippen molar-refractivity contribution in [2.45, 2.75) is 30.9 Å². The molecule has 1 saturated carbocycles. The topological polar surface area (TPSA) is 46.2 Å². The highest BCUT2D eigenvalue weighted by atomic mass is 127. The zero-order valence-corrected chi connectivity index (χ0v) is 16.2. The van der Waals surface area contributed by atoms with Gasteiger partial charge in [-0.25, -0.2) is 21.6 Å². The Bertz CT molecular complexity index is 943. The highest BCUT2D eigenvalue weighted by Crippen LogP contribution is 2.44. The second-order valence-corrected chi connectivity index (χ2v) is 9.80. The Morgan fingerprint density at radius 1 is 1.12 bits per heavy atom. The van der Waals surface area contributed by atoms with Gasteiger partial charge in [0, 0.05) is 15.6 Å². The molecule has 0 unspecified atom stereocenters. The molecule has 0 amide bonds. The SMILES string of the molecule is CC1(S(=O)(=O)Nc2ccc(F)c(F)c2Cc2ccc(I)cc2F)CC1. The number of benzene rings is 2. The van der Waals surface area contributed by atoms with Gasteiger partial charge in [-0.15, -0.1) is 0 Å². The monoisotopic (exact) mass is 481 g/mol. The first kappa shape index (κ1) is 18.5. The number of nitrogens with one attached hydrogen (secondary N) is 1. The van der Waals surface area contributed by atoms with E-state index in [9.17, 15) is 21.6 Å². The lowest BCUT2D eigenvalue weighted by Gasteiger charge is -2.17. The van der Waals surface area contributed by atoms with Crippen LogP contribution in [0.25, 0.3) is 0 Å². The molecule has 0 aliphatic heterocycles. The molecule has 0 atom stereocenters. The van der Waals surface area contributed by atoms with Crippen molar-refractivity contribution < 1.29 is 21.6 Å². The Balaban J connectivity index is 2.01. The molecule has 0 radical (unpaired) electrons. The molecule has 0 saturated heterocycles. The Hall–Kier alpha value is -1.29. The highest BCUT2D eigenvalue weighted by molar-refractivity contribution is 14.1. The molecule has 8 heteroatoms. The van der Waals surface area contributed by atoms with Gasteiger partial charge in [0.05, 0.1) is 10.4 Å². The molecule has 3 rings (SSSR count). The van der Waals surface area contributed by atoms with Crippen LogP contribution < -0.4 is 4.72 Å². The van der Waals surface area contributed by atoms with Gasteiger partial charge in [0.25, 0.3) is 0 Å². The third-order valence-corrected chi connectivity index (χ3v) is 7.29. The zero-order valence-electron chi connectivity index (χ0n) is 13.2. The molecule has 3 nitrogen and oxygen atoms in total. The smallest absolute Gasteiger partial charge is 0.238 e. The zero-order chi connectivity index (χ0) is 18.4. The summed E-state index contributed by atoms with van der Waals surface area (Å²) in [6, 6.07) is 6.42. The van der Waals surface area contributed by atoms with Crippen molar-refractivity contribution in [3.63, 3.8) is 0 Å². The molecule has 25 heavy (non-hydrogen) atoms. The van der Waals surface area contributed by atoms with Crippen molar-refractivity contribution in [1.82, 2.24) is 0 Å². The van der Waals surface area contributed by atoms with Crippen LogP contribution in [0, 0.1) is 21.0 Å². The lowest BCUT2D eigenvalue weighted by atomic mass is 10.0. The van der Waals surface area contributed by atoms with Crippen LogP contribution in [0.5, 0.6) is 0 Å². The molecule has 134 valence electrons. The molecule has 2 aromatic carbocycles. The van der Waals surface area contributed by atoms with Crippen LogP contribution in [0.4, 0.5) is 18.9 Å². The van der Waals surface area contributed by atoms with Gasteiger partial charge in [-0.3, -0.25) is 4.72 Å². The minimum atomic E-state index is -3.73. The molecule has 0 heterocycles. The van der Waals surface area contributed by atoms with Crippen molar-refractivity contribution in [2.75, 3.05) is 4.72 Å². The van der Waals surface area contributed by atoms with Crippen molar-refractivity contribution in [3.05, 3.63) is 62.5 Å². The first-order valence-electron chi connectivity index (χ1n) is 7.56. The van der Waals surface area contributed by atoms with E-state index in [1.54, 1.807) is 13.0 Å². The fourth-order valence-electron chi connectivity index (χ4n) is 2.43. The molecule has 1 aliphatic rings. The number of hydrogen-bond donors (Lipinski definition) is 1. The first-order valence-corrected chi connectivity index (χ1v) is 10.1. The number of halogens is 4. The van der Waals surface area contributed by atoms with E-state index in [0.717, 1.165) is 6.07 Å². The van der Waals surface area contributed by atoms with Crippen molar-refractivity contribution in [1.29, 1.82) is 0 Å². The minimum Gasteiger partial charge on any atom is -0.283 e. The maximum absolute atomic E-state index is 14.3. The highest BCUT2D eigenvalue weighted by Gasteiger charge is 2.50. The third kappa shape index (κ3) is 3.64. The van der Waals surface area contributed by atoms with Crippen LogP contribution in [0.15, 0.2) is 30.3 Å². The fourth-order valence-corrected chi connectivity index (χ4v) is 4.25. The van der Waals surface area contributed by atoms with Crippen LogP contribution in [-0.4, -0.2) is 13.2 Å². The summed E-state index contributed by atoms with van der Waals surface area (Å²) in [5.74, 6) is -2.85. The second-order valence-electron chi connectivity index (χ2n) is 6.36. The van der Waals surface area contributed by atoms with E-state index in [0.29, 0.717) is 16.4 Å². The molecular weight excluding hydrogens is 466 g/mol. The number of sulfonamides is 1. The molecule has 0 spiro atoms. The standard InChI is InChI=1S/C17H15F3INO2S/c1-17(6-7-17)25(23,24)22-15-5-4-13(18)16(20)12(15)8-10-2-3-11(21)9-14(10)19/h2-5,9,22H,6-8H2,1H3. The summed E-state index contributed by atoms with van der Waals surface area (Å²) >= 11 is 1.94. The van der Waals surface area contributed by atoms with Gasteiger partial charge >= 0.3 is 0 Å². The Morgan fingerprint density at radius 3 is 2.40 bits per heavy atom. The van der Waals surface area contributed by atoms with E-state index in [1.807, 2.05) is 22.6 Å². The predicted octanol–water partition coefficient (Wildman–Crippen LogP) is 4.59. The summed E-state index contributed by atoms with van der Waals surface area (Å²) in [4.78, 5) is 0. The van der Waals surface area contributed by atoms with E-state index in [2.05, 4.69) is 4.72 Å². The molecular formula is C17H15F3INO2S. The summed E-state index contributed by atoms with van der Waals surface area (Å²) in [7, 11) is -3.73. The van der Waals surface area contributed by atoms with Gasteiger partial charge < -0.3 is 0 Å². The maximum atomic E-state index is 14.3. The van der Waals surface area contributed by atoms with Gasteiger partial charge in [0.2, 0.25) is 10.0 Å². The summed E-state index contributed by atoms with van der Waals surface area (Å²) in [5.41, 5.74) is -0.124. The summed E-state index contributed by atoms with van der Waals surface area (Å²) in [6.45, 7) is 1.59. The van der Waals surface area contributed by atoms with Crippen LogP contribution in [0.2, 0.25) is 0 Å². The molecule has 1 aliphatic carbocycles. The third-order valence-electron chi connectivity index (χ3n) is 4.43. The van der Waals surface area contributed by atoms with E-state index < -0.39 is 32.2 Å². The molecule has 1 N–H and O–H groups in total. The van der Waals surface area contributed by atoms with Gasteiger partial charge in [0.1, 0.15) is 5.82 Å². The maximum Gasteiger partial charge on any atom is 0.238 e. The van der Waals surface area contributed by atoms with Gasteiger partial charge in [-0.2, -0.15) is 0 Å². The number of hydrogen-bond acceptors (Lipinski definition) is 2. The minimum absolute atomic E-state index is 0.0648. The number of anilines is 1. The van der Waals surface area contributed by atoms with E-state index in [1.165, 1.54) is 18.2 Å². The van der Waals surface area contributed by atoms with Gasteiger partial charge in [0.15, 0.2) is 11.6 Å². The van der Waals surface area contributed by atoms with Crippen LogP contribution in [0.3, 0.4) is 0 Å². The first-order chi connectivity index (χ1) is 11.6. The lowest BCUT2D eigenvalue weighted by molar-refractivity contribution is 0.500.